The molecule has 0 spiro atoms. The number of rotatable bonds is 3. The number of hydrogen-bond acceptors (Lipinski definition) is 13. The summed E-state index contributed by atoms with van der Waals surface area (Å²) in [6.45, 7) is 3.36. The van der Waals surface area contributed by atoms with Gasteiger partial charge in [-0.1, -0.05) is 48.6 Å². The highest BCUT2D eigenvalue weighted by Gasteiger charge is 2.51. The second-order valence-corrected chi connectivity index (χ2v) is 12.6. The number of carbonyl (C=O) groups is 2. The van der Waals surface area contributed by atoms with Crippen molar-refractivity contribution in [2.75, 3.05) is 0 Å². The molecule has 14 heteroatoms. The summed E-state index contributed by atoms with van der Waals surface area (Å²) in [5, 5.41) is 54.1. The second kappa shape index (κ2) is 16.6. The lowest BCUT2D eigenvalue weighted by Crippen LogP contribution is -2.61. The molecular formula is C33H48N2O12. The van der Waals surface area contributed by atoms with E-state index in [0.717, 1.165) is 0 Å². The summed E-state index contributed by atoms with van der Waals surface area (Å²) in [5.74, 6) is -4.66. The molecule has 2 bridgehead atoms. The van der Waals surface area contributed by atoms with Crippen molar-refractivity contribution in [2.24, 2.45) is 17.4 Å². The highest BCUT2D eigenvalue weighted by molar-refractivity contribution is 5.82. The Hall–Kier alpha value is -2.76. The Balaban J connectivity index is 1.58. The van der Waals surface area contributed by atoms with E-state index < -0.39 is 97.3 Å². The lowest BCUT2D eigenvalue weighted by molar-refractivity contribution is -0.306. The van der Waals surface area contributed by atoms with Crippen LogP contribution in [0.1, 0.15) is 46.0 Å². The summed E-state index contributed by atoms with van der Waals surface area (Å²) >= 11 is 0. The quantitative estimate of drug-likeness (QED) is 0.149. The fourth-order valence-electron chi connectivity index (χ4n) is 6.05. The van der Waals surface area contributed by atoms with Crippen molar-refractivity contribution >= 4 is 11.9 Å². The van der Waals surface area contributed by atoms with E-state index in [1.54, 1.807) is 56.4 Å². The van der Waals surface area contributed by atoms with Crippen molar-refractivity contribution in [2.45, 2.75) is 125 Å². The van der Waals surface area contributed by atoms with E-state index in [1.807, 2.05) is 12.2 Å². The van der Waals surface area contributed by atoms with Gasteiger partial charge in [-0.05, 0) is 19.9 Å². The number of epoxide rings is 1. The number of aliphatic hydroxyl groups is 5. The van der Waals surface area contributed by atoms with Crippen LogP contribution in [0, 0.1) is 5.92 Å². The highest BCUT2D eigenvalue weighted by atomic mass is 16.7. The maximum Gasteiger partial charge on any atom is 0.330 e. The summed E-state index contributed by atoms with van der Waals surface area (Å²) in [6, 6.07) is -1.06. The predicted octanol–water partition coefficient (Wildman–Crippen LogP) is -0.480. The number of carbonyl (C=O) groups excluding carboxylic acids is 2. The zero-order valence-electron chi connectivity index (χ0n) is 26.6. The largest absolute Gasteiger partial charge is 0.459 e. The number of aliphatic hydroxyl groups excluding tert-OH is 4. The summed E-state index contributed by atoms with van der Waals surface area (Å²) < 4.78 is 28.7. The van der Waals surface area contributed by atoms with E-state index in [9.17, 15) is 35.1 Å². The Bertz CT molecular complexity index is 1220. The summed E-state index contributed by atoms with van der Waals surface area (Å²) in [7, 11) is 0. The molecule has 0 aromatic heterocycles. The van der Waals surface area contributed by atoms with Gasteiger partial charge in [0.05, 0.1) is 54.7 Å². The van der Waals surface area contributed by atoms with Crippen LogP contribution in [0.5, 0.6) is 0 Å². The first-order chi connectivity index (χ1) is 22.3. The normalized spacial score (nSPS) is 47.2. The zero-order chi connectivity index (χ0) is 34.3. The van der Waals surface area contributed by atoms with Gasteiger partial charge >= 0.3 is 5.97 Å². The molecule has 3 saturated heterocycles. The minimum absolute atomic E-state index is 0.104. The summed E-state index contributed by atoms with van der Waals surface area (Å²) in [6.07, 6.45) is 6.16. The van der Waals surface area contributed by atoms with Crippen molar-refractivity contribution in [3.05, 3.63) is 60.8 Å². The maximum absolute atomic E-state index is 12.5. The molecule has 0 saturated carbocycles. The monoisotopic (exact) mass is 664 g/mol. The van der Waals surface area contributed by atoms with Crippen molar-refractivity contribution in [3.63, 3.8) is 0 Å². The van der Waals surface area contributed by atoms with Crippen LogP contribution >= 0.6 is 0 Å². The van der Waals surface area contributed by atoms with Crippen LogP contribution in [0.25, 0.3) is 0 Å². The molecule has 0 radical (unpaired) electrons. The van der Waals surface area contributed by atoms with E-state index in [-0.39, 0.29) is 25.4 Å². The topological polar surface area (TPSA) is 237 Å². The Kier molecular flexibility index (Phi) is 13.1. The number of amides is 1. The number of esters is 1. The molecule has 0 unspecified atom stereocenters. The Labute approximate surface area is 273 Å². The van der Waals surface area contributed by atoms with Gasteiger partial charge in [0.25, 0.3) is 0 Å². The van der Waals surface area contributed by atoms with E-state index >= 15 is 0 Å². The van der Waals surface area contributed by atoms with Crippen LogP contribution in [-0.2, 0) is 33.3 Å². The van der Waals surface area contributed by atoms with Gasteiger partial charge in [-0.25, -0.2) is 4.79 Å². The van der Waals surface area contributed by atoms with Crippen molar-refractivity contribution in [3.8, 4) is 0 Å². The third-order valence-electron chi connectivity index (χ3n) is 8.62. The third-order valence-corrected chi connectivity index (χ3v) is 8.62. The number of primary amides is 1. The van der Waals surface area contributed by atoms with E-state index in [4.69, 9.17) is 35.2 Å². The smallest absolute Gasteiger partial charge is 0.330 e. The van der Waals surface area contributed by atoms with Gasteiger partial charge in [0, 0.05) is 38.2 Å². The van der Waals surface area contributed by atoms with Crippen LogP contribution in [0.2, 0.25) is 0 Å². The Morgan fingerprint density at radius 3 is 2.36 bits per heavy atom. The zero-order valence-corrected chi connectivity index (χ0v) is 26.6. The molecular weight excluding hydrogens is 616 g/mol. The van der Waals surface area contributed by atoms with Crippen molar-refractivity contribution in [1.29, 1.82) is 0 Å². The molecule has 47 heavy (non-hydrogen) atoms. The number of allylic oxidation sites excluding steroid dienone is 6. The average molecular weight is 665 g/mol. The van der Waals surface area contributed by atoms with Gasteiger partial charge in [-0.15, -0.1) is 0 Å². The SMILES string of the molecule is C[C@@H]1C\C=C/C=C/C=C/C=C/[C@H](O[C@@H]2O[C@H](C)[C@@H](O)[C@H](N)[C@@H]2O)C[C@@H]2O[C@](O)(C[C@@H](O)C[C@H]3O[C@@H]3/C=C\C(=O)O1)C[C@H](O)[C@H]2C(N)=O. The predicted molar refractivity (Wildman–Crippen MR) is 167 cm³/mol. The van der Waals surface area contributed by atoms with Crippen LogP contribution in [0.4, 0.5) is 0 Å². The molecule has 262 valence electrons. The van der Waals surface area contributed by atoms with Gasteiger partial charge in [0.15, 0.2) is 12.1 Å². The van der Waals surface area contributed by atoms with Gasteiger partial charge in [-0.3, -0.25) is 4.79 Å². The molecule has 0 aliphatic carbocycles. The van der Waals surface area contributed by atoms with E-state index in [2.05, 4.69) is 0 Å². The molecule has 1 amide bonds. The lowest BCUT2D eigenvalue weighted by atomic mass is 9.82. The molecule has 3 fully saturated rings. The summed E-state index contributed by atoms with van der Waals surface area (Å²) in [5.41, 5.74) is 11.6. The minimum Gasteiger partial charge on any atom is -0.459 e. The number of fused-ring (bicyclic) bond motifs is 3. The van der Waals surface area contributed by atoms with Crippen LogP contribution in [-0.4, -0.2) is 117 Å². The molecule has 4 aliphatic heterocycles. The number of hydrogen-bond donors (Lipinski definition) is 7. The van der Waals surface area contributed by atoms with Crippen LogP contribution < -0.4 is 11.5 Å². The van der Waals surface area contributed by atoms with E-state index in [0.29, 0.717) is 6.42 Å². The molecule has 14 atom stereocenters. The highest BCUT2D eigenvalue weighted by Crippen LogP contribution is 2.39. The first kappa shape index (κ1) is 37.1. The molecule has 4 aliphatic rings. The number of ether oxygens (including phenoxy) is 5. The lowest BCUT2D eigenvalue weighted by Gasteiger charge is -2.45. The van der Waals surface area contributed by atoms with Gasteiger partial charge in [0.2, 0.25) is 5.91 Å². The minimum atomic E-state index is -2.04. The summed E-state index contributed by atoms with van der Waals surface area (Å²) in [4.78, 5) is 24.7. The van der Waals surface area contributed by atoms with Crippen molar-refractivity contribution < 1.29 is 58.8 Å². The first-order valence-electron chi connectivity index (χ1n) is 16.0. The van der Waals surface area contributed by atoms with Gasteiger partial charge < -0.3 is 60.7 Å². The van der Waals surface area contributed by atoms with Crippen LogP contribution in [0.3, 0.4) is 0 Å². The second-order valence-electron chi connectivity index (χ2n) is 12.6. The molecule has 0 aromatic carbocycles. The Morgan fingerprint density at radius 1 is 0.936 bits per heavy atom. The molecule has 14 nitrogen and oxygen atoms in total. The van der Waals surface area contributed by atoms with Crippen molar-refractivity contribution in [1.82, 2.24) is 0 Å². The van der Waals surface area contributed by atoms with E-state index in [1.165, 1.54) is 6.08 Å². The number of cyclic esters (lactones) is 1. The third kappa shape index (κ3) is 10.6. The molecule has 9 N–H and O–H groups in total. The van der Waals surface area contributed by atoms with Gasteiger partial charge in [-0.2, -0.15) is 0 Å². The molecule has 4 rings (SSSR count). The Morgan fingerprint density at radius 2 is 1.64 bits per heavy atom. The van der Waals surface area contributed by atoms with Gasteiger partial charge in [0.1, 0.15) is 18.3 Å². The molecule has 0 aromatic rings. The maximum atomic E-state index is 12.5. The van der Waals surface area contributed by atoms with Crippen LogP contribution in [0.15, 0.2) is 60.8 Å². The fourth-order valence-corrected chi connectivity index (χ4v) is 6.05. The fraction of sp³-hybridized carbons (Fsp3) is 0.636. The standard InChI is InChI=1S/C33H48N2O12/c1-18-10-8-6-4-3-5-7-9-11-21(45-32-30(40)28(34)29(39)19(2)44-32)15-25-27(31(35)41)22(37)17-33(42,47-25)16-20(36)14-24-23(46-24)12-13-26(38)43-18/h3-9,11-13,18-25,27-30,32,36-37,39-40,42H,10,14-17,34H2,1-2H3,(H2,35,41)/b4-3+,7-5+,8-6-,11-9+,13-12-/t18-,19-,20+,21+,22+,23-,24-,25+,27-,28+,29-,30+,32+,33-/m1/s1. The number of nitrogens with two attached hydrogens (primary N) is 2. The first-order valence-corrected chi connectivity index (χ1v) is 16.0. The average Bonchev–Trinajstić information content (AvgIpc) is 3.72. The molecule has 4 heterocycles.